The van der Waals surface area contributed by atoms with E-state index in [0.29, 0.717) is 12.2 Å². The molecule has 0 aliphatic rings. The first-order chi connectivity index (χ1) is 6.43. The van der Waals surface area contributed by atoms with Crippen LogP contribution in [0.5, 0.6) is 0 Å². The van der Waals surface area contributed by atoms with Crippen LogP contribution < -0.4 is 12.3 Å². The van der Waals surface area contributed by atoms with Gasteiger partial charge in [-0.3, -0.25) is 0 Å². The molecule has 0 rings (SSSR count). The molecule has 0 saturated heterocycles. The molecule has 0 aromatic carbocycles. The predicted octanol–water partition coefficient (Wildman–Crippen LogP) is 0.381. The smallest absolute Gasteiger partial charge is 0.329 e. The Bertz CT molecular complexity index is 245. The van der Waals surface area contributed by atoms with Crippen LogP contribution in [0.1, 0.15) is 0 Å². The molecule has 8 nitrogen and oxygen atoms in total. The fraction of sp³-hybridized carbons (Fsp3) is 0.125. The van der Waals surface area contributed by atoms with E-state index in [4.69, 9.17) is 10.2 Å². The number of hydrogen-bond acceptors (Lipinski definition) is 6. The molecule has 0 aromatic rings. The maximum absolute atomic E-state index is 9.84. The van der Waals surface area contributed by atoms with Gasteiger partial charge < -0.3 is 27.3 Å². The van der Waals surface area contributed by atoms with Crippen molar-refractivity contribution in [1.29, 1.82) is 0 Å². The summed E-state index contributed by atoms with van der Waals surface area (Å²) in [6.45, 7) is 3.16. The van der Waals surface area contributed by atoms with Crippen molar-refractivity contribution in [1.82, 2.24) is 12.3 Å². The third-order valence-corrected chi connectivity index (χ3v) is 0.736. The van der Waals surface area contributed by atoms with Gasteiger partial charge >= 0.3 is 17.9 Å². The second-order valence-electron chi connectivity index (χ2n) is 1.74. The van der Waals surface area contributed by atoms with Crippen LogP contribution in [-0.2, 0) is 19.1 Å². The molecule has 0 radical (unpaired) electrons. The van der Waals surface area contributed by atoms with Gasteiger partial charge in [-0.15, -0.1) is 0 Å². The van der Waals surface area contributed by atoms with Crippen LogP contribution in [0, 0.1) is 0 Å². The van der Waals surface area contributed by atoms with Gasteiger partial charge in [0.25, 0.3) is 0 Å². The second-order valence-corrected chi connectivity index (χ2v) is 1.74. The standard InChI is InChI=1S/C4H4O4.C4H6O2.2H3N/c5-3(6)1-2-4(7)8;1-3-4(5)6-2;;/h1-2H,(H,5,6)(H,7,8);3H,1H2,2H3;2*1H3/b2-1-;;;. The lowest BCUT2D eigenvalue weighted by molar-refractivity contribution is -0.135. The number of aliphatic carboxylic acids is 2. The first-order valence-corrected chi connectivity index (χ1v) is 3.28. The summed E-state index contributed by atoms with van der Waals surface area (Å²) in [6.07, 6.45) is 2.23. The van der Waals surface area contributed by atoms with E-state index in [1.165, 1.54) is 7.11 Å². The zero-order valence-corrected chi connectivity index (χ0v) is 8.88. The zero-order chi connectivity index (χ0) is 11.6. The van der Waals surface area contributed by atoms with E-state index in [1.807, 2.05) is 0 Å². The van der Waals surface area contributed by atoms with E-state index < -0.39 is 17.9 Å². The number of esters is 1. The topological polar surface area (TPSA) is 171 Å². The number of ether oxygens (including phenoxy) is 1. The van der Waals surface area contributed by atoms with Crippen LogP contribution in [0.15, 0.2) is 24.8 Å². The van der Waals surface area contributed by atoms with Gasteiger partial charge in [0.05, 0.1) is 7.11 Å². The molecule has 0 unspecified atom stereocenters. The molecule has 0 bridgehead atoms. The minimum atomic E-state index is -1.26. The maximum atomic E-state index is 9.84. The summed E-state index contributed by atoms with van der Waals surface area (Å²) in [7, 11) is 1.31. The average molecular weight is 236 g/mol. The molecule has 0 aromatic heterocycles. The van der Waals surface area contributed by atoms with Gasteiger partial charge in [-0.25, -0.2) is 14.4 Å². The number of carbonyl (C=O) groups excluding carboxylic acids is 1. The Balaban J connectivity index is -0.0000000825. The molecule has 0 amide bonds. The number of carboxylic acid groups (broad SMARTS) is 2. The lowest BCUT2D eigenvalue weighted by Crippen LogP contribution is -1.91. The summed E-state index contributed by atoms with van der Waals surface area (Å²) in [5, 5.41) is 15.6. The highest BCUT2D eigenvalue weighted by molar-refractivity contribution is 5.89. The largest absolute Gasteiger partial charge is 0.478 e. The second kappa shape index (κ2) is 15.3. The van der Waals surface area contributed by atoms with Crippen molar-refractivity contribution < 1.29 is 29.3 Å². The highest BCUT2D eigenvalue weighted by Crippen LogP contribution is 1.70. The Hall–Kier alpha value is -2.19. The molecule has 0 aliphatic carbocycles. The van der Waals surface area contributed by atoms with E-state index in [9.17, 15) is 14.4 Å². The molecule has 16 heavy (non-hydrogen) atoms. The number of rotatable bonds is 3. The van der Waals surface area contributed by atoms with Crippen LogP contribution in [0.2, 0.25) is 0 Å². The highest BCUT2D eigenvalue weighted by Gasteiger charge is 1.88. The van der Waals surface area contributed by atoms with Crippen molar-refractivity contribution in [2.45, 2.75) is 0 Å². The van der Waals surface area contributed by atoms with Gasteiger partial charge in [-0.05, 0) is 0 Å². The first kappa shape index (κ1) is 23.5. The zero-order valence-electron chi connectivity index (χ0n) is 8.88. The van der Waals surface area contributed by atoms with Gasteiger partial charge in [0.15, 0.2) is 0 Å². The fourth-order valence-corrected chi connectivity index (χ4v) is 0.226. The van der Waals surface area contributed by atoms with Crippen LogP contribution in [0.4, 0.5) is 0 Å². The van der Waals surface area contributed by atoms with Crippen LogP contribution >= 0.6 is 0 Å². The first-order valence-electron chi connectivity index (χ1n) is 3.28. The Morgan fingerprint density at radius 3 is 1.44 bits per heavy atom. The SMILES string of the molecule is C=CC(=O)OC.N.N.O=C(O)/C=C\C(=O)O. The Kier molecular flexibility index (Phi) is 22.5. The van der Waals surface area contributed by atoms with Crippen molar-refractivity contribution in [3.05, 3.63) is 24.8 Å². The summed E-state index contributed by atoms with van der Waals surface area (Å²) in [6, 6.07) is 0. The van der Waals surface area contributed by atoms with E-state index >= 15 is 0 Å². The number of carboxylic acids is 2. The molecule has 0 spiro atoms. The van der Waals surface area contributed by atoms with Gasteiger partial charge in [0.2, 0.25) is 0 Å². The summed E-state index contributed by atoms with van der Waals surface area (Å²) in [5.74, 6) is -2.91. The average Bonchev–Trinajstić information content (AvgIpc) is 2.14. The number of hydrogen-bond donors (Lipinski definition) is 4. The fourth-order valence-electron chi connectivity index (χ4n) is 0.226. The summed E-state index contributed by atoms with van der Waals surface area (Å²) < 4.78 is 4.14. The van der Waals surface area contributed by atoms with Crippen molar-refractivity contribution >= 4 is 17.9 Å². The van der Waals surface area contributed by atoms with Crippen molar-refractivity contribution in [3.63, 3.8) is 0 Å². The molecule has 8 heteroatoms. The number of carbonyl (C=O) groups is 3. The lowest BCUT2D eigenvalue weighted by Gasteiger charge is -1.83. The summed E-state index contributed by atoms with van der Waals surface area (Å²) >= 11 is 0. The monoisotopic (exact) mass is 236 g/mol. The van der Waals surface area contributed by atoms with E-state index in [-0.39, 0.29) is 12.3 Å². The Morgan fingerprint density at radius 2 is 1.38 bits per heavy atom. The van der Waals surface area contributed by atoms with Gasteiger partial charge in [-0.1, -0.05) is 6.58 Å². The summed E-state index contributed by atoms with van der Waals surface area (Å²) in [5.41, 5.74) is 0. The quantitative estimate of drug-likeness (QED) is 0.402. The van der Waals surface area contributed by atoms with Crippen LogP contribution in [0.25, 0.3) is 0 Å². The molecule has 0 fully saturated rings. The predicted molar refractivity (Wildman–Crippen MR) is 56.7 cm³/mol. The molecule has 8 N–H and O–H groups in total. The minimum Gasteiger partial charge on any atom is -0.478 e. The van der Waals surface area contributed by atoms with Gasteiger partial charge in [-0.2, -0.15) is 0 Å². The third kappa shape index (κ3) is 29.8. The van der Waals surface area contributed by atoms with Crippen molar-refractivity contribution in [2.75, 3.05) is 7.11 Å². The third-order valence-electron chi connectivity index (χ3n) is 0.736. The highest BCUT2D eigenvalue weighted by atomic mass is 16.5. The molecule has 94 valence electrons. The molecule has 0 aliphatic heterocycles. The minimum absolute atomic E-state index is 0. The Labute approximate surface area is 92.4 Å². The van der Waals surface area contributed by atoms with Crippen molar-refractivity contribution in [2.24, 2.45) is 0 Å². The van der Waals surface area contributed by atoms with Crippen LogP contribution in [-0.4, -0.2) is 35.2 Å². The van der Waals surface area contributed by atoms with E-state index in [1.54, 1.807) is 0 Å². The Morgan fingerprint density at radius 1 is 1.06 bits per heavy atom. The maximum Gasteiger partial charge on any atom is 0.329 e. The summed E-state index contributed by atoms with van der Waals surface area (Å²) in [4.78, 5) is 28.9. The van der Waals surface area contributed by atoms with E-state index in [0.717, 1.165) is 6.08 Å². The molecule has 0 heterocycles. The lowest BCUT2D eigenvalue weighted by atomic mass is 10.5. The molecular weight excluding hydrogens is 220 g/mol. The van der Waals surface area contributed by atoms with Crippen molar-refractivity contribution in [3.8, 4) is 0 Å². The van der Waals surface area contributed by atoms with Crippen LogP contribution in [0.3, 0.4) is 0 Å². The van der Waals surface area contributed by atoms with Gasteiger partial charge in [0.1, 0.15) is 0 Å². The van der Waals surface area contributed by atoms with Gasteiger partial charge in [0, 0.05) is 18.2 Å². The number of methoxy groups -OCH3 is 1. The molecule has 0 saturated carbocycles. The normalized spacial score (nSPS) is 7.31. The molecular formula is C8H16N2O6. The van der Waals surface area contributed by atoms with E-state index in [2.05, 4.69) is 11.3 Å². The molecule has 0 atom stereocenters.